The molecule has 0 heterocycles. The largest absolute Gasteiger partial charge is 0.424 e. The van der Waals surface area contributed by atoms with Crippen LogP contribution in [0.5, 0.6) is 0 Å². The number of benzene rings is 3. The van der Waals surface area contributed by atoms with Crippen LogP contribution in [0.3, 0.4) is 0 Å². The van der Waals surface area contributed by atoms with Gasteiger partial charge in [-0.2, -0.15) is 0 Å². The highest BCUT2D eigenvalue weighted by atomic mass is 28.4. The van der Waals surface area contributed by atoms with Crippen LogP contribution in [0.4, 0.5) is 8.78 Å². The number of hydrogen-bond donors (Lipinski definition) is 2. The fourth-order valence-electron chi connectivity index (χ4n) is 5.26. The lowest BCUT2D eigenvalue weighted by atomic mass is 9.91. The molecule has 1 saturated carbocycles. The van der Waals surface area contributed by atoms with Crippen molar-refractivity contribution in [1.29, 1.82) is 0 Å². The van der Waals surface area contributed by atoms with Gasteiger partial charge >= 0.3 is 0 Å². The van der Waals surface area contributed by atoms with E-state index < -0.39 is 30.4 Å². The highest BCUT2D eigenvalue weighted by Gasteiger charge is 2.56. The van der Waals surface area contributed by atoms with Gasteiger partial charge in [-0.15, -0.1) is 0 Å². The van der Waals surface area contributed by atoms with Gasteiger partial charge in [-0.3, -0.25) is 0 Å². The normalized spacial score (nSPS) is 20.9. The monoisotopic (exact) mass is 452 g/mol. The third kappa shape index (κ3) is 3.94. The lowest BCUT2D eigenvalue weighted by Crippen LogP contribution is -2.65. The lowest BCUT2D eigenvalue weighted by molar-refractivity contribution is 0.241. The van der Waals surface area contributed by atoms with E-state index in [0.717, 1.165) is 29.3 Å². The van der Waals surface area contributed by atoms with Gasteiger partial charge in [0.1, 0.15) is 11.6 Å². The third-order valence-electron chi connectivity index (χ3n) is 7.43. The molecular formula is C27H30F2O2Si. The quantitative estimate of drug-likeness (QED) is 0.493. The maximum absolute atomic E-state index is 13.8. The third-order valence-corrected chi connectivity index (χ3v) is 12.0. The molecule has 0 bridgehead atoms. The van der Waals surface area contributed by atoms with E-state index in [1.165, 1.54) is 12.1 Å². The van der Waals surface area contributed by atoms with Crippen molar-refractivity contribution in [2.75, 3.05) is 6.61 Å². The van der Waals surface area contributed by atoms with Crippen LogP contribution in [-0.4, -0.2) is 24.8 Å². The Morgan fingerprint density at radius 3 is 1.88 bits per heavy atom. The zero-order valence-electron chi connectivity index (χ0n) is 18.6. The number of halogens is 2. The van der Waals surface area contributed by atoms with Crippen LogP contribution < -0.4 is 10.4 Å². The van der Waals surface area contributed by atoms with Crippen LogP contribution in [0.2, 0.25) is 5.04 Å². The summed E-state index contributed by atoms with van der Waals surface area (Å²) in [6.45, 7) is 4.09. The first-order chi connectivity index (χ1) is 15.2. The molecule has 0 aliphatic heterocycles. The summed E-state index contributed by atoms with van der Waals surface area (Å²) in [4.78, 5) is 12.3. The summed E-state index contributed by atoms with van der Waals surface area (Å²) in [5.41, 5.74) is -0.0722. The molecule has 4 rings (SSSR count). The molecule has 0 saturated heterocycles. The Bertz CT molecular complexity index is 1010. The summed E-state index contributed by atoms with van der Waals surface area (Å²) in [5, 5.41) is 11.7. The van der Waals surface area contributed by atoms with Crippen LogP contribution >= 0.6 is 0 Å². The summed E-state index contributed by atoms with van der Waals surface area (Å²) in [5.74, 6) is -1.11. The zero-order chi connectivity index (χ0) is 23.0. The average molecular weight is 453 g/mol. The predicted octanol–water partition coefficient (Wildman–Crippen LogP) is 4.53. The van der Waals surface area contributed by atoms with Crippen molar-refractivity contribution in [3.05, 3.63) is 96.1 Å². The Morgan fingerprint density at radius 2 is 1.41 bits per heavy atom. The first kappa shape index (κ1) is 22.8. The first-order valence-corrected chi connectivity index (χ1v) is 13.1. The Labute approximate surface area is 189 Å². The van der Waals surface area contributed by atoms with Crippen molar-refractivity contribution in [3.63, 3.8) is 0 Å². The molecular weight excluding hydrogens is 422 g/mol. The molecule has 168 valence electrons. The van der Waals surface area contributed by atoms with Gasteiger partial charge in [0, 0.05) is 11.5 Å². The maximum Gasteiger partial charge on any atom is 0.258 e. The number of hydrogen-bond acceptors (Lipinski definition) is 2. The minimum Gasteiger partial charge on any atom is -0.424 e. The summed E-state index contributed by atoms with van der Waals surface area (Å²) < 4.78 is 27.6. The molecule has 0 spiro atoms. The van der Waals surface area contributed by atoms with E-state index in [9.17, 15) is 18.7 Å². The van der Waals surface area contributed by atoms with E-state index in [4.69, 9.17) is 0 Å². The highest BCUT2D eigenvalue weighted by molar-refractivity contribution is 6.98. The van der Waals surface area contributed by atoms with E-state index in [1.54, 1.807) is 0 Å². The van der Waals surface area contributed by atoms with Gasteiger partial charge in [0.05, 0.1) is 6.61 Å². The van der Waals surface area contributed by atoms with E-state index in [2.05, 4.69) is 13.8 Å². The van der Waals surface area contributed by atoms with E-state index >= 15 is 0 Å². The lowest BCUT2D eigenvalue weighted by Gasteiger charge is -2.41. The molecule has 3 aromatic rings. The highest BCUT2D eigenvalue weighted by Crippen LogP contribution is 2.58. The SMILES string of the molecule is CC(C)(CC[C@@H]1C[C@@]1(CO)c1cc(F)cc(F)c1)[Si](O)(c1ccccc1)c1ccccc1. The van der Waals surface area contributed by atoms with Crippen molar-refractivity contribution in [1.82, 2.24) is 0 Å². The summed E-state index contributed by atoms with van der Waals surface area (Å²) in [6, 6.07) is 23.3. The van der Waals surface area contributed by atoms with E-state index in [-0.39, 0.29) is 12.5 Å². The predicted molar refractivity (Wildman–Crippen MR) is 127 cm³/mol. The fraction of sp³-hybridized carbons (Fsp3) is 0.333. The second kappa shape index (κ2) is 8.54. The van der Waals surface area contributed by atoms with Gasteiger partial charge in [0.15, 0.2) is 0 Å². The van der Waals surface area contributed by atoms with Crippen molar-refractivity contribution in [3.8, 4) is 0 Å². The fourth-order valence-corrected chi connectivity index (χ4v) is 9.01. The maximum atomic E-state index is 13.8. The number of rotatable bonds is 8. The second-order valence-corrected chi connectivity index (χ2v) is 13.7. The van der Waals surface area contributed by atoms with Gasteiger partial charge in [-0.1, -0.05) is 74.5 Å². The number of aliphatic hydroxyl groups is 1. The van der Waals surface area contributed by atoms with Crippen LogP contribution in [0.25, 0.3) is 0 Å². The Morgan fingerprint density at radius 1 is 0.906 bits per heavy atom. The van der Waals surface area contributed by atoms with Crippen LogP contribution in [0, 0.1) is 17.6 Å². The Hall–Kier alpha value is -2.34. The van der Waals surface area contributed by atoms with Gasteiger partial charge in [0.2, 0.25) is 0 Å². The van der Waals surface area contributed by atoms with Crippen molar-refractivity contribution in [2.45, 2.75) is 43.6 Å². The molecule has 1 aliphatic carbocycles. The second-order valence-electron chi connectivity index (χ2n) is 9.74. The molecule has 0 aromatic heterocycles. The molecule has 0 unspecified atom stereocenters. The molecule has 2 N–H and O–H groups in total. The molecule has 2 atom stereocenters. The minimum atomic E-state index is -3.10. The van der Waals surface area contributed by atoms with E-state index in [0.29, 0.717) is 12.0 Å². The minimum absolute atomic E-state index is 0.123. The van der Waals surface area contributed by atoms with Gasteiger partial charge in [-0.25, -0.2) is 8.78 Å². The standard InChI is InChI=1S/C27H30F2O2Si/c1-26(2,32(31,24-9-5-3-6-10-24)25-11-7-4-8-12-25)14-13-20-18-27(20,19-30)21-15-22(28)17-23(29)16-21/h3-12,15-17,20,30-31H,13-14,18-19H2,1-2H3/t20-,27+/m1/s1. The van der Waals surface area contributed by atoms with Gasteiger partial charge < -0.3 is 9.90 Å². The van der Waals surface area contributed by atoms with Crippen LogP contribution in [0.1, 0.15) is 38.7 Å². The zero-order valence-corrected chi connectivity index (χ0v) is 19.6. The molecule has 1 fully saturated rings. The summed E-state index contributed by atoms with van der Waals surface area (Å²) in [6.07, 6.45) is 2.20. The molecule has 32 heavy (non-hydrogen) atoms. The van der Waals surface area contributed by atoms with Crippen molar-refractivity contribution >= 4 is 18.7 Å². The molecule has 0 amide bonds. The van der Waals surface area contributed by atoms with Gasteiger partial charge in [0.25, 0.3) is 8.32 Å². The van der Waals surface area contributed by atoms with Crippen molar-refractivity contribution < 1.29 is 18.7 Å². The topological polar surface area (TPSA) is 40.5 Å². The van der Waals surface area contributed by atoms with Crippen LogP contribution in [-0.2, 0) is 5.41 Å². The van der Waals surface area contributed by atoms with E-state index in [1.807, 2.05) is 60.7 Å². The Balaban J connectivity index is 1.60. The molecule has 3 aromatic carbocycles. The summed E-state index contributed by atoms with van der Waals surface area (Å²) in [7, 11) is -3.10. The smallest absolute Gasteiger partial charge is 0.258 e. The van der Waals surface area contributed by atoms with Gasteiger partial charge in [-0.05, 0) is 58.3 Å². The first-order valence-electron chi connectivity index (χ1n) is 11.1. The Kier molecular flexibility index (Phi) is 6.10. The molecule has 2 nitrogen and oxygen atoms in total. The molecule has 0 radical (unpaired) electrons. The van der Waals surface area contributed by atoms with Crippen molar-refractivity contribution in [2.24, 2.45) is 5.92 Å². The summed E-state index contributed by atoms with van der Waals surface area (Å²) >= 11 is 0. The molecule has 1 aliphatic rings. The average Bonchev–Trinajstić information content (AvgIpc) is 3.52. The van der Waals surface area contributed by atoms with Crippen LogP contribution in [0.15, 0.2) is 78.9 Å². The number of aliphatic hydroxyl groups excluding tert-OH is 1. The molecule has 5 heteroatoms.